The van der Waals surface area contributed by atoms with Crippen molar-refractivity contribution in [2.75, 3.05) is 5.32 Å². The summed E-state index contributed by atoms with van der Waals surface area (Å²) < 4.78 is 0. The third-order valence-electron chi connectivity index (χ3n) is 2.95. The van der Waals surface area contributed by atoms with Crippen LogP contribution in [0.4, 0.5) is 5.69 Å². The second-order valence-corrected chi connectivity index (χ2v) is 5.07. The molecular weight excluding hydrogens is 281 g/mol. The zero-order valence-corrected chi connectivity index (χ0v) is 11.3. The minimum absolute atomic E-state index is 0.0263. The molecule has 0 bridgehead atoms. The van der Waals surface area contributed by atoms with Crippen LogP contribution in [0.25, 0.3) is 6.08 Å². The van der Waals surface area contributed by atoms with Crippen molar-refractivity contribution in [3.63, 3.8) is 0 Å². The predicted octanol–water partition coefficient (Wildman–Crippen LogP) is 4.64. The minimum Gasteiger partial charge on any atom is -0.352 e. The highest BCUT2D eigenvalue weighted by atomic mass is 35.5. The van der Waals surface area contributed by atoms with Gasteiger partial charge in [0.05, 0.1) is 5.70 Å². The Labute approximate surface area is 120 Å². The van der Waals surface area contributed by atoms with Gasteiger partial charge in [0.25, 0.3) is 0 Å². The highest BCUT2D eigenvalue weighted by molar-refractivity contribution is 6.35. The molecule has 1 N–H and O–H groups in total. The molecule has 0 unspecified atom stereocenters. The van der Waals surface area contributed by atoms with E-state index in [0.717, 1.165) is 11.3 Å². The van der Waals surface area contributed by atoms with Crippen molar-refractivity contribution in [1.29, 1.82) is 0 Å². The second-order valence-electron chi connectivity index (χ2n) is 4.22. The second kappa shape index (κ2) is 4.72. The molecule has 0 radical (unpaired) electrons. The Morgan fingerprint density at radius 1 is 1.05 bits per heavy atom. The number of fused-ring (bicyclic) bond motifs is 1. The predicted molar refractivity (Wildman–Crippen MR) is 78.8 cm³/mol. The van der Waals surface area contributed by atoms with Crippen LogP contribution in [0, 0.1) is 0 Å². The molecule has 0 aromatic heterocycles. The highest BCUT2D eigenvalue weighted by Gasteiger charge is 2.23. The average molecular weight is 290 g/mol. The standard InChI is InChI=1S/C15H9Cl2NO/c16-10-6-5-9(12(17)8-10)7-14-15(19)11-3-1-2-4-13(11)18-14/h1-8,18H/b14-7+. The number of rotatable bonds is 1. The first-order chi connectivity index (χ1) is 9.15. The lowest BCUT2D eigenvalue weighted by Gasteiger charge is -2.01. The van der Waals surface area contributed by atoms with E-state index in [1.54, 1.807) is 30.3 Å². The maximum Gasteiger partial charge on any atom is 0.211 e. The van der Waals surface area contributed by atoms with E-state index in [1.165, 1.54) is 0 Å². The van der Waals surface area contributed by atoms with Crippen LogP contribution in [0.3, 0.4) is 0 Å². The summed E-state index contributed by atoms with van der Waals surface area (Å²) in [6.45, 7) is 0. The lowest BCUT2D eigenvalue weighted by Crippen LogP contribution is -1.99. The Kier molecular flexibility index (Phi) is 3.05. The van der Waals surface area contributed by atoms with Crippen LogP contribution < -0.4 is 5.32 Å². The van der Waals surface area contributed by atoms with Crippen molar-refractivity contribution in [3.8, 4) is 0 Å². The van der Waals surface area contributed by atoms with Crippen molar-refractivity contribution in [2.45, 2.75) is 0 Å². The smallest absolute Gasteiger partial charge is 0.211 e. The maximum atomic E-state index is 12.2. The lowest BCUT2D eigenvalue weighted by atomic mass is 10.1. The molecule has 19 heavy (non-hydrogen) atoms. The van der Waals surface area contributed by atoms with Gasteiger partial charge in [-0.1, -0.05) is 41.4 Å². The molecule has 2 nitrogen and oxygen atoms in total. The fourth-order valence-electron chi connectivity index (χ4n) is 2.01. The number of carbonyl (C=O) groups is 1. The summed E-state index contributed by atoms with van der Waals surface area (Å²) in [4.78, 5) is 12.2. The van der Waals surface area contributed by atoms with E-state index in [0.29, 0.717) is 21.3 Å². The maximum absolute atomic E-state index is 12.2. The number of halogens is 2. The van der Waals surface area contributed by atoms with Gasteiger partial charge in [-0.25, -0.2) is 0 Å². The van der Waals surface area contributed by atoms with Gasteiger partial charge in [-0.3, -0.25) is 4.79 Å². The van der Waals surface area contributed by atoms with Gasteiger partial charge in [-0.15, -0.1) is 0 Å². The van der Waals surface area contributed by atoms with E-state index in [2.05, 4.69) is 5.32 Å². The van der Waals surface area contributed by atoms with Crippen LogP contribution in [-0.4, -0.2) is 5.78 Å². The molecule has 0 aliphatic carbocycles. The number of benzene rings is 2. The Balaban J connectivity index is 2.01. The number of carbonyl (C=O) groups excluding carboxylic acids is 1. The van der Waals surface area contributed by atoms with Gasteiger partial charge in [0.1, 0.15) is 0 Å². The zero-order chi connectivity index (χ0) is 13.4. The molecule has 94 valence electrons. The first-order valence-corrected chi connectivity index (χ1v) is 6.48. The van der Waals surface area contributed by atoms with Crippen LogP contribution >= 0.6 is 23.2 Å². The fourth-order valence-corrected chi connectivity index (χ4v) is 2.48. The normalized spacial score (nSPS) is 15.5. The van der Waals surface area contributed by atoms with Crippen molar-refractivity contribution >= 4 is 40.7 Å². The molecule has 3 rings (SSSR count). The van der Waals surface area contributed by atoms with Crippen LogP contribution in [0.2, 0.25) is 10.0 Å². The first kappa shape index (κ1) is 12.3. The van der Waals surface area contributed by atoms with E-state index in [9.17, 15) is 4.79 Å². The number of anilines is 1. The summed E-state index contributed by atoms with van der Waals surface area (Å²) in [7, 11) is 0. The summed E-state index contributed by atoms with van der Waals surface area (Å²) in [5.41, 5.74) is 2.78. The minimum atomic E-state index is -0.0263. The van der Waals surface area contributed by atoms with E-state index in [-0.39, 0.29) is 5.78 Å². The van der Waals surface area contributed by atoms with Crippen molar-refractivity contribution in [3.05, 3.63) is 69.3 Å². The largest absolute Gasteiger partial charge is 0.352 e. The summed E-state index contributed by atoms with van der Waals surface area (Å²) in [6.07, 6.45) is 1.74. The topological polar surface area (TPSA) is 29.1 Å². The molecule has 1 heterocycles. The number of allylic oxidation sites excluding steroid dienone is 1. The van der Waals surface area contributed by atoms with Crippen molar-refractivity contribution < 1.29 is 4.79 Å². The Morgan fingerprint density at radius 3 is 2.58 bits per heavy atom. The molecule has 0 saturated carbocycles. The number of hydrogen-bond donors (Lipinski definition) is 1. The summed E-state index contributed by atoms with van der Waals surface area (Å²) in [6, 6.07) is 12.6. The Morgan fingerprint density at radius 2 is 1.84 bits per heavy atom. The van der Waals surface area contributed by atoms with Gasteiger partial charge in [-0.2, -0.15) is 0 Å². The molecule has 0 amide bonds. The van der Waals surface area contributed by atoms with Gasteiger partial charge in [0.2, 0.25) is 5.78 Å². The van der Waals surface area contributed by atoms with Gasteiger partial charge in [0, 0.05) is 21.3 Å². The Bertz CT molecular complexity index is 707. The highest BCUT2D eigenvalue weighted by Crippen LogP contribution is 2.30. The van der Waals surface area contributed by atoms with Crippen molar-refractivity contribution in [2.24, 2.45) is 0 Å². The van der Waals surface area contributed by atoms with Crippen LogP contribution in [0.5, 0.6) is 0 Å². The number of ketones is 1. The van der Waals surface area contributed by atoms with E-state index < -0.39 is 0 Å². The van der Waals surface area contributed by atoms with Gasteiger partial charge in [0.15, 0.2) is 0 Å². The number of nitrogens with one attached hydrogen (secondary N) is 1. The molecule has 1 aliphatic rings. The first-order valence-electron chi connectivity index (χ1n) is 5.72. The monoisotopic (exact) mass is 289 g/mol. The lowest BCUT2D eigenvalue weighted by molar-refractivity contribution is 0.104. The van der Waals surface area contributed by atoms with E-state index in [1.807, 2.05) is 18.2 Å². The molecule has 0 saturated heterocycles. The molecular formula is C15H9Cl2NO. The zero-order valence-electron chi connectivity index (χ0n) is 9.78. The quantitative estimate of drug-likeness (QED) is 0.775. The number of Topliss-reactive ketones (excluding diaryl/α,β-unsaturated/α-hetero) is 1. The Hall–Kier alpha value is -1.77. The molecule has 0 fully saturated rings. The number of hydrogen-bond acceptors (Lipinski definition) is 2. The summed E-state index contributed by atoms with van der Waals surface area (Å²) >= 11 is 11.9. The van der Waals surface area contributed by atoms with Crippen LogP contribution in [-0.2, 0) is 0 Å². The van der Waals surface area contributed by atoms with Crippen molar-refractivity contribution in [1.82, 2.24) is 0 Å². The van der Waals surface area contributed by atoms with Crippen LogP contribution in [0.15, 0.2) is 48.2 Å². The molecule has 0 atom stereocenters. The molecule has 4 heteroatoms. The SMILES string of the molecule is O=C1/C(=C\c2ccc(Cl)cc2Cl)Nc2ccccc21. The van der Waals surface area contributed by atoms with E-state index in [4.69, 9.17) is 23.2 Å². The number of para-hydroxylation sites is 1. The van der Waals surface area contributed by atoms with Gasteiger partial charge >= 0.3 is 0 Å². The average Bonchev–Trinajstić information content (AvgIpc) is 2.70. The summed E-state index contributed by atoms with van der Waals surface area (Å²) in [5, 5.41) is 4.18. The molecule has 0 spiro atoms. The van der Waals surface area contributed by atoms with E-state index >= 15 is 0 Å². The van der Waals surface area contributed by atoms with Crippen LogP contribution in [0.1, 0.15) is 15.9 Å². The molecule has 2 aromatic rings. The van der Waals surface area contributed by atoms with Gasteiger partial charge < -0.3 is 5.32 Å². The molecule has 2 aromatic carbocycles. The fraction of sp³-hybridized carbons (Fsp3) is 0. The third-order valence-corrected chi connectivity index (χ3v) is 3.51. The van der Waals surface area contributed by atoms with Gasteiger partial charge in [-0.05, 0) is 35.9 Å². The summed E-state index contributed by atoms with van der Waals surface area (Å²) in [5.74, 6) is -0.0263. The third kappa shape index (κ3) is 2.25. The molecule has 1 aliphatic heterocycles.